The highest BCUT2D eigenvalue weighted by Gasteiger charge is 2.13. The Balaban J connectivity index is 1.82. The fraction of sp³-hybridized carbons (Fsp3) is 0.250. The van der Waals surface area contributed by atoms with Crippen LogP contribution in [0.2, 0.25) is 5.02 Å². The molecule has 0 aromatic heterocycles. The van der Waals surface area contributed by atoms with Crippen molar-refractivity contribution < 1.29 is 13.3 Å². The SMILES string of the molecule is O=S(=O)(NCCC[NH+]1C=CN=C1)c1ccc(Cl)cc1. The Kier molecular flexibility index (Phi) is 4.71. The third kappa shape index (κ3) is 4.14. The molecule has 0 aliphatic carbocycles. The van der Waals surface area contributed by atoms with Gasteiger partial charge in [0, 0.05) is 18.0 Å². The van der Waals surface area contributed by atoms with Gasteiger partial charge in [-0.15, -0.1) is 0 Å². The van der Waals surface area contributed by atoms with E-state index in [1.807, 2.05) is 6.20 Å². The van der Waals surface area contributed by atoms with E-state index < -0.39 is 10.0 Å². The Morgan fingerprint density at radius 2 is 2.00 bits per heavy atom. The van der Waals surface area contributed by atoms with Gasteiger partial charge in [-0.05, 0) is 24.3 Å². The summed E-state index contributed by atoms with van der Waals surface area (Å²) >= 11 is 5.72. The van der Waals surface area contributed by atoms with Crippen molar-refractivity contribution in [2.24, 2.45) is 4.99 Å². The van der Waals surface area contributed by atoms with Crippen LogP contribution in [0.1, 0.15) is 6.42 Å². The minimum Gasteiger partial charge on any atom is -0.265 e. The van der Waals surface area contributed by atoms with E-state index in [9.17, 15) is 8.42 Å². The molecule has 102 valence electrons. The molecule has 7 heteroatoms. The smallest absolute Gasteiger partial charge is 0.240 e. The maximum Gasteiger partial charge on any atom is 0.240 e. The first kappa shape index (κ1) is 14.2. The molecule has 19 heavy (non-hydrogen) atoms. The average Bonchev–Trinajstić information content (AvgIpc) is 2.88. The molecular weight excluding hydrogens is 286 g/mol. The third-order valence-electron chi connectivity index (χ3n) is 2.67. The van der Waals surface area contributed by atoms with Crippen molar-refractivity contribution in [3.05, 3.63) is 41.7 Å². The van der Waals surface area contributed by atoms with E-state index in [4.69, 9.17) is 11.6 Å². The van der Waals surface area contributed by atoms with Crippen LogP contribution >= 0.6 is 11.6 Å². The molecule has 5 nitrogen and oxygen atoms in total. The summed E-state index contributed by atoms with van der Waals surface area (Å²) in [6.07, 6.45) is 6.17. The van der Waals surface area contributed by atoms with Crippen molar-refractivity contribution in [1.29, 1.82) is 0 Å². The molecule has 2 N–H and O–H groups in total. The maximum atomic E-state index is 11.9. The second kappa shape index (κ2) is 6.29. The minimum absolute atomic E-state index is 0.229. The predicted octanol–water partition coefficient (Wildman–Crippen LogP) is 0.406. The van der Waals surface area contributed by atoms with Crippen LogP contribution in [0, 0.1) is 0 Å². The lowest BCUT2D eigenvalue weighted by Crippen LogP contribution is -3.05. The Bertz CT molecular complexity index is 569. The van der Waals surface area contributed by atoms with Gasteiger partial charge in [-0.2, -0.15) is 0 Å². The van der Waals surface area contributed by atoms with Crippen molar-refractivity contribution in [2.75, 3.05) is 13.1 Å². The van der Waals surface area contributed by atoms with Crippen molar-refractivity contribution in [3.8, 4) is 0 Å². The zero-order valence-corrected chi connectivity index (χ0v) is 11.8. The molecule has 1 aromatic rings. The van der Waals surface area contributed by atoms with Gasteiger partial charge in [0.2, 0.25) is 10.0 Å². The fourth-order valence-corrected chi connectivity index (χ4v) is 2.86. The summed E-state index contributed by atoms with van der Waals surface area (Å²) in [5, 5.41) is 0.516. The van der Waals surface area contributed by atoms with E-state index in [2.05, 4.69) is 9.71 Å². The first-order valence-corrected chi connectivity index (χ1v) is 7.75. The first-order valence-electron chi connectivity index (χ1n) is 5.89. The number of hydrogen-bond donors (Lipinski definition) is 2. The van der Waals surface area contributed by atoms with Gasteiger partial charge in [-0.3, -0.25) is 4.90 Å². The van der Waals surface area contributed by atoms with E-state index in [0.29, 0.717) is 11.6 Å². The van der Waals surface area contributed by atoms with Gasteiger partial charge in [0.25, 0.3) is 0 Å². The van der Waals surface area contributed by atoms with Crippen LogP contribution in [0.5, 0.6) is 0 Å². The van der Waals surface area contributed by atoms with Crippen LogP contribution in [0.4, 0.5) is 0 Å². The van der Waals surface area contributed by atoms with Crippen molar-refractivity contribution in [1.82, 2.24) is 4.72 Å². The molecule has 0 radical (unpaired) electrons. The number of quaternary nitrogens is 1. The minimum atomic E-state index is -3.44. The molecule has 0 saturated carbocycles. The average molecular weight is 301 g/mol. The molecule has 1 aliphatic heterocycles. The summed E-state index contributed by atoms with van der Waals surface area (Å²) in [6, 6.07) is 6.11. The van der Waals surface area contributed by atoms with Gasteiger partial charge in [0.05, 0.1) is 17.6 Å². The molecule has 1 aromatic carbocycles. The Morgan fingerprint density at radius 1 is 1.26 bits per heavy atom. The Hall–Kier alpha value is -1.21. The van der Waals surface area contributed by atoms with Crippen LogP contribution in [-0.2, 0) is 10.0 Å². The molecule has 2 rings (SSSR count). The zero-order valence-electron chi connectivity index (χ0n) is 10.2. The Morgan fingerprint density at radius 3 is 2.63 bits per heavy atom. The van der Waals surface area contributed by atoms with Gasteiger partial charge in [-0.25, -0.2) is 18.1 Å². The van der Waals surface area contributed by atoms with Crippen molar-refractivity contribution in [3.63, 3.8) is 0 Å². The first-order chi connectivity index (χ1) is 9.08. The molecule has 1 atom stereocenters. The van der Waals surface area contributed by atoms with Gasteiger partial charge in [0.15, 0.2) is 6.34 Å². The zero-order chi connectivity index (χ0) is 13.7. The van der Waals surface area contributed by atoms with Crippen LogP contribution in [0.3, 0.4) is 0 Å². The number of benzene rings is 1. The van der Waals surface area contributed by atoms with Crippen LogP contribution in [0.25, 0.3) is 0 Å². The van der Waals surface area contributed by atoms with Crippen molar-refractivity contribution >= 4 is 28.0 Å². The van der Waals surface area contributed by atoms with Crippen molar-refractivity contribution in [2.45, 2.75) is 11.3 Å². The van der Waals surface area contributed by atoms with E-state index in [1.54, 1.807) is 24.7 Å². The van der Waals surface area contributed by atoms with Gasteiger partial charge in [-0.1, -0.05) is 11.6 Å². The number of hydrogen-bond acceptors (Lipinski definition) is 3. The fourth-order valence-electron chi connectivity index (χ4n) is 1.66. The number of sulfonamides is 1. The molecule has 0 amide bonds. The summed E-state index contributed by atoms with van der Waals surface area (Å²) in [4.78, 5) is 5.30. The molecule has 1 heterocycles. The van der Waals surface area contributed by atoms with Gasteiger partial charge >= 0.3 is 0 Å². The second-order valence-corrected chi connectivity index (χ2v) is 6.33. The van der Waals surface area contributed by atoms with Gasteiger partial charge < -0.3 is 0 Å². The molecular formula is C12H15ClN3O2S+. The number of rotatable bonds is 6. The van der Waals surface area contributed by atoms with E-state index >= 15 is 0 Å². The maximum absolute atomic E-state index is 11.9. The number of nitrogens with one attached hydrogen (secondary N) is 2. The van der Waals surface area contributed by atoms with Crippen LogP contribution in [-0.4, -0.2) is 27.8 Å². The summed E-state index contributed by atoms with van der Waals surface area (Å²) in [5.74, 6) is 0. The molecule has 1 aliphatic rings. The molecule has 0 fully saturated rings. The number of nitrogens with zero attached hydrogens (tertiary/aromatic N) is 1. The summed E-state index contributed by atoms with van der Waals surface area (Å²) in [7, 11) is -3.44. The highest BCUT2D eigenvalue weighted by atomic mass is 35.5. The number of aliphatic imine (C=N–C) groups is 1. The molecule has 0 saturated heterocycles. The standard InChI is InChI=1S/C12H14ClN3O2S/c13-11-2-4-12(5-3-11)19(17,18)15-6-1-8-16-9-7-14-10-16/h2-5,7,9-10,15H,1,6,8H2/p+1. The summed E-state index contributed by atoms with van der Waals surface area (Å²) in [5.41, 5.74) is 0. The largest absolute Gasteiger partial charge is 0.265 e. The monoisotopic (exact) mass is 300 g/mol. The predicted molar refractivity (Wildman–Crippen MR) is 74.7 cm³/mol. The summed E-state index contributed by atoms with van der Waals surface area (Å²) in [6.45, 7) is 1.21. The topological polar surface area (TPSA) is 63.0 Å². The van der Waals surface area contributed by atoms with E-state index in [0.717, 1.165) is 17.9 Å². The molecule has 0 spiro atoms. The second-order valence-electron chi connectivity index (χ2n) is 4.12. The molecule has 0 bridgehead atoms. The lowest BCUT2D eigenvalue weighted by Gasteiger charge is -2.08. The van der Waals surface area contributed by atoms with Crippen LogP contribution in [0.15, 0.2) is 46.6 Å². The third-order valence-corrected chi connectivity index (χ3v) is 4.40. The quantitative estimate of drug-likeness (QED) is 0.747. The normalized spacial score (nSPS) is 18.1. The summed E-state index contributed by atoms with van der Waals surface area (Å²) < 4.78 is 26.4. The highest BCUT2D eigenvalue weighted by molar-refractivity contribution is 7.89. The molecule has 1 unspecified atom stereocenters. The lowest BCUT2D eigenvalue weighted by atomic mass is 10.4. The number of halogens is 1. The van der Waals surface area contributed by atoms with Gasteiger partial charge in [0.1, 0.15) is 6.20 Å². The lowest BCUT2D eigenvalue weighted by molar-refractivity contribution is -0.736. The highest BCUT2D eigenvalue weighted by Crippen LogP contribution is 2.13. The van der Waals surface area contributed by atoms with E-state index in [1.165, 1.54) is 12.1 Å². The van der Waals surface area contributed by atoms with Crippen LogP contribution < -0.4 is 9.62 Å². The Labute approximate surface area is 117 Å². The van der Waals surface area contributed by atoms with E-state index in [-0.39, 0.29) is 4.90 Å².